The fourth-order valence-corrected chi connectivity index (χ4v) is 2.76. The molecule has 7 heteroatoms. The van der Waals surface area contributed by atoms with Crippen molar-refractivity contribution in [2.45, 2.75) is 59.0 Å². The zero-order chi connectivity index (χ0) is 21.5. The predicted octanol–water partition coefficient (Wildman–Crippen LogP) is 4.14. The van der Waals surface area contributed by atoms with E-state index in [1.165, 1.54) is 0 Å². The molecule has 0 aliphatic rings. The maximum absolute atomic E-state index is 12.2. The van der Waals surface area contributed by atoms with Crippen molar-refractivity contribution >= 4 is 12.1 Å². The first-order valence-electron chi connectivity index (χ1n) is 10.5. The summed E-state index contributed by atoms with van der Waals surface area (Å²) >= 11 is 0. The summed E-state index contributed by atoms with van der Waals surface area (Å²) in [5.41, 5.74) is 0.863. The summed E-state index contributed by atoms with van der Waals surface area (Å²) in [4.78, 5) is 25.1. The number of carboxylic acid groups (broad SMARTS) is 1. The minimum Gasteiger partial charge on any atom is -0.492 e. The standard InChI is InChI=1S/C22H35NO6/c1-4-7-8-13-23(22(26)29-15-5-2)14-16-28-19-11-9-18(10-12-19)17-20(21(24)25)27-6-3/h9-12,20H,4-8,13-17H2,1-3H3,(H,24,25). The Balaban J connectivity index is 2.52. The van der Waals surface area contributed by atoms with Crippen LogP contribution in [0.15, 0.2) is 24.3 Å². The van der Waals surface area contributed by atoms with E-state index in [1.54, 1.807) is 24.0 Å². The van der Waals surface area contributed by atoms with Gasteiger partial charge in [0.05, 0.1) is 13.2 Å². The highest BCUT2D eigenvalue weighted by Crippen LogP contribution is 2.15. The van der Waals surface area contributed by atoms with Crippen molar-refractivity contribution in [3.05, 3.63) is 29.8 Å². The number of nitrogens with zero attached hydrogens (tertiary/aromatic N) is 1. The van der Waals surface area contributed by atoms with E-state index in [1.807, 2.05) is 19.1 Å². The lowest BCUT2D eigenvalue weighted by Gasteiger charge is -2.22. The third kappa shape index (κ3) is 10.2. The topological polar surface area (TPSA) is 85.3 Å². The van der Waals surface area contributed by atoms with Gasteiger partial charge in [-0.05, 0) is 37.5 Å². The molecule has 0 aliphatic heterocycles. The Morgan fingerprint density at radius 1 is 1.00 bits per heavy atom. The fraction of sp³-hybridized carbons (Fsp3) is 0.636. The van der Waals surface area contributed by atoms with Crippen LogP contribution >= 0.6 is 0 Å². The molecule has 1 unspecified atom stereocenters. The average Bonchev–Trinajstić information content (AvgIpc) is 2.71. The maximum Gasteiger partial charge on any atom is 0.409 e. The molecular weight excluding hydrogens is 374 g/mol. The van der Waals surface area contributed by atoms with E-state index in [4.69, 9.17) is 14.2 Å². The monoisotopic (exact) mass is 409 g/mol. The lowest BCUT2D eigenvalue weighted by Crippen LogP contribution is -2.36. The Morgan fingerprint density at radius 2 is 1.72 bits per heavy atom. The molecule has 29 heavy (non-hydrogen) atoms. The first-order chi connectivity index (χ1) is 14.0. The molecule has 1 aromatic carbocycles. The van der Waals surface area contributed by atoms with Crippen LogP contribution in [0, 0.1) is 0 Å². The lowest BCUT2D eigenvalue weighted by molar-refractivity contribution is -0.149. The molecule has 0 saturated heterocycles. The van der Waals surface area contributed by atoms with Gasteiger partial charge in [-0.2, -0.15) is 0 Å². The molecule has 1 N–H and O–H groups in total. The third-order valence-electron chi connectivity index (χ3n) is 4.34. The molecule has 0 saturated carbocycles. The minimum atomic E-state index is -0.967. The van der Waals surface area contributed by atoms with Crippen molar-refractivity contribution in [1.29, 1.82) is 0 Å². The van der Waals surface area contributed by atoms with Gasteiger partial charge >= 0.3 is 12.1 Å². The van der Waals surface area contributed by atoms with Crippen LogP contribution in [0.2, 0.25) is 0 Å². The van der Waals surface area contributed by atoms with Gasteiger partial charge in [0.2, 0.25) is 0 Å². The van der Waals surface area contributed by atoms with Crippen LogP contribution < -0.4 is 4.74 Å². The molecule has 0 aliphatic carbocycles. The summed E-state index contributed by atoms with van der Waals surface area (Å²) in [5.74, 6) is -0.294. The molecule has 1 atom stereocenters. The van der Waals surface area contributed by atoms with E-state index in [0.717, 1.165) is 31.2 Å². The Hall–Kier alpha value is -2.28. The first kappa shape index (κ1) is 24.8. The van der Waals surface area contributed by atoms with E-state index >= 15 is 0 Å². The first-order valence-corrected chi connectivity index (χ1v) is 10.5. The molecule has 0 fully saturated rings. The van der Waals surface area contributed by atoms with Crippen molar-refractivity contribution in [1.82, 2.24) is 4.90 Å². The predicted molar refractivity (Wildman–Crippen MR) is 111 cm³/mol. The van der Waals surface area contributed by atoms with Crippen LogP contribution in [0.25, 0.3) is 0 Å². The summed E-state index contributed by atoms with van der Waals surface area (Å²) in [5, 5.41) is 9.17. The summed E-state index contributed by atoms with van der Waals surface area (Å²) in [6, 6.07) is 7.27. The SMILES string of the molecule is CCCCCN(CCOc1ccc(CC(OCC)C(=O)O)cc1)C(=O)OCCC. The number of ether oxygens (including phenoxy) is 3. The van der Waals surface area contributed by atoms with Crippen LogP contribution in [0.5, 0.6) is 5.75 Å². The Labute approximate surface area is 173 Å². The van der Waals surface area contributed by atoms with Gasteiger partial charge in [-0.25, -0.2) is 9.59 Å². The summed E-state index contributed by atoms with van der Waals surface area (Å²) in [7, 11) is 0. The number of unbranched alkanes of at least 4 members (excludes halogenated alkanes) is 2. The molecule has 0 spiro atoms. The number of rotatable bonds is 15. The quantitative estimate of drug-likeness (QED) is 0.438. The van der Waals surface area contributed by atoms with Gasteiger partial charge in [0.1, 0.15) is 12.4 Å². The number of carbonyl (C=O) groups is 2. The highest BCUT2D eigenvalue weighted by Gasteiger charge is 2.18. The highest BCUT2D eigenvalue weighted by molar-refractivity contribution is 5.72. The second-order valence-corrected chi connectivity index (χ2v) is 6.79. The molecule has 0 radical (unpaired) electrons. The summed E-state index contributed by atoms with van der Waals surface area (Å²) < 4.78 is 16.2. The molecule has 1 rings (SSSR count). The van der Waals surface area contributed by atoms with Gasteiger partial charge in [-0.15, -0.1) is 0 Å². The Morgan fingerprint density at radius 3 is 2.31 bits per heavy atom. The van der Waals surface area contributed by atoms with Crippen molar-refractivity contribution in [2.75, 3.05) is 32.9 Å². The second kappa shape index (κ2) is 14.7. The molecule has 164 valence electrons. The molecule has 0 heterocycles. The van der Waals surface area contributed by atoms with Crippen molar-refractivity contribution in [3.8, 4) is 5.75 Å². The molecule has 7 nitrogen and oxygen atoms in total. The normalized spacial score (nSPS) is 11.7. The van der Waals surface area contributed by atoms with Crippen LogP contribution in [0.3, 0.4) is 0 Å². The van der Waals surface area contributed by atoms with E-state index < -0.39 is 12.1 Å². The lowest BCUT2D eigenvalue weighted by atomic mass is 10.1. The number of carbonyl (C=O) groups excluding carboxylic acids is 1. The smallest absolute Gasteiger partial charge is 0.409 e. The largest absolute Gasteiger partial charge is 0.492 e. The molecule has 0 aromatic heterocycles. The van der Waals surface area contributed by atoms with E-state index in [-0.39, 0.29) is 6.09 Å². The van der Waals surface area contributed by atoms with Crippen molar-refractivity contribution in [2.24, 2.45) is 0 Å². The zero-order valence-electron chi connectivity index (χ0n) is 17.9. The third-order valence-corrected chi connectivity index (χ3v) is 4.34. The number of hydrogen-bond donors (Lipinski definition) is 1. The van der Waals surface area contributed by atoms with Crippen molar-refractivity contribution in [3.63, 3.8) is 0 Å². The number of amides is 1. The van der Waals surface area contributed by atoms with E-state index in [9.17, 15) is 14.7 Å². The maximum atomic E-state index is 12.2. The van der Waals surface area contributed by atoms with Crippen molar-refractivity contribution < 1.29 is 28.9 Å². The fourth-order valence-electron chi connectivity index (χ4n) is 2.76. The minimum absolute atomic E-state index is 0.294. The van der Waals surface area contributed by atoms with Crippen LogP contribution in [-0.4, -0.2) is 61.1 Å². The number of aliphatic carboxylic acids is 1. The van der Waals surface area contributed by atoms with Crippen LogP contribution in [-0.2, 0) is 20.7 Å². The van der Waals surface area contributed by atoms with Gasteiger partial charge in [-0.3, -0.25) is 0 Å². The second-order valence-electron chi connectivity index (χ2n) is 6.79. The van der Waals surface area contributed by atoms with Gasteiger partial charge < -0.3 is 24.2 Å². The van der Waals surface area contributed by atoms with E-state index in [2.05, 4.69) is 6.92 Å². The van der Waals surface area contributed by atoms with Gasteiger partial charge in [0.15, 0.2) is 6.10 Å². The summed E-state index contributed by atoms with van der Waals surface area (Å²) in [6.07, 6.45) is 3.06. The number of hydrogen-bond acceptors (Lipinski definition) is 5. The van der Waals surface area contributed by atoms with Gasteiger partial charge in [0, 0.05) is 19.6 Å². The van der Waals surface area contributed by atoms with Gasteiger partial charge in [0.25, 0.3) is 0 Å². The van der Waals surface area contributed by atoms with E-state index in [0.29, 0.717) is 45.1 Å². The average molecular weight is 410 g/mol. The van der Waals surface area contributed by atoms with Crippen LogP contribution in [0.1, 0.15) is 52.0 Å². The summed E-state index contributed by atoms with van der Waals surface area (Å²) in [6.45, 7) is 8.12. The number of benzene rings is 1. The Kier molecular flexibility index (Phi) is 12.5. The molecular formula is C22H35NO6. The molecule has 1 aromatic rings. The molecule has 1 amide bonds. The number of carboxylic acids is 1. The van der Waals surface area contributed by atoms with Crippen LogP contribution in [0.4, 0.5) is 4.79 Å². The molecule has 0 bridgehead atoms. The van der Waals surface area contributed by atoms with Gasteiger partial charge in [-0.1, -0.05) is 38.8 Å². The highest BCUT2D eigenvalue weighted by atomic mass is 16.6. The zero-order valence-corrected chi connectivity index (χ0v) is 17.9. The Bertz CT molecular complexity index is 589.